The second-order valence-corrected chi connectivity index (χ2v) is 3.41. The zero-order valence-electron chi connectivity index (χ0n) is 9.80. The summed E-state index contributed by atoms with van der Waals surface area (Å²) in [7, 11) is 0. The first-order valence-corrected chi connectivity index (χ1v) is 5.55. The number of ketones is 1. The highest BCUT2D eigenvalue weighted by Crippen LogP contribution is 2.20. The van der Waals surface area contributed by atoms with Gasteiger partial charge in [-0.1, -0.05) is 17.2 Å². The van der Waals surface area contributed by atoms with Crippen molar-refractivity contribution in [2.45, 2.75) is 19.8 Å². The van der Waals surface area contributed by atoms with Gasteiger partial charge in [-0.2, -0.15) is 0 Å². The quantitative estimate of drug-likeness (QED) is 0.238. The summed E-state index contributed by atoms with van der Waals surface area (Å²) in [5, 5.41) is 3.39. The molecule has 5 nitrogen and oxygen atoms in total. The molecule has 17 heavy (non-hydrogen) atoms. The highest BCUT2D eigenvalue weighted by Gasteiger charge is 2.10. The SMILES string of the molecule is CCOc1ccccc1C(=O)CCCN=[N+]=[N-]. The summed E-state index contributed by atoms with van der Waals surface area (Å²) >= 11 is 0. The highest BCUT2D eigenvalue weighted by molar-refractivity contribution is 5.98. The number of para-hydroxylation sites is 1. The van der Waals surface area contributed by atoms with E-state index in [0.717, 1.165) is 0 Å². The molecule has 1 rings (SSSR count). The van der Waals surface area contributed by atoms with E-state index in [1.54, 1.807) is 12.1 Å². The zero-order valence-corrected chi connectivity index (χ0v) is 9.80. The van der Waals surface area contributed by atoms with Gasteiger partial charge in [-0.15, -0.1) is 0 Å². The van der Waals surface area contributed by atoms with Crippen LogP contribution >= 0.6 is 0 Å². The Kier molecular flexibility index (Phi) is 5.61. The van der Waals surface area contributed by atoms with Gasteiger partial charge in [-0.05, 0) is 31.0 Å². The third kappa shape index (κ3) is 4.17. The molecule has 0 saturated heterocycles. The van der Waals surface area contributed by atoms with Crippen LogP contribution in [-0.2, 0) is 0 Å². The lowest BCUT2D eigenvalue weighted by molar-refractivity contribution is 0.0977. The molecule has 0 spiro atoms. The summed E-state index contributed by atoms with van der Waals surface area (Å²) in [6, 6.07) is 7.18. The predicted octanol–water partition coefficient (Wildman–Crippen LogP) is 3.36. The van der Waals surface area contributed by atoms with Gasteiger partial charge >= 0.3 is 0 Å². The Hall–Kier alpha value is -2.00. The normalized spacial score (nSPS) is 9.47. The lowest BCUT2D eigenvalue weighted by Crippen LogP contribution is -2.04. The van der Waals surface area contributed by atoms with Gasteiger partial charge in [0.2, 0.25) is 0 Å². The average Bonchev–Trinajstić information content (AvgIpc) is 2.35. The minimum atomic E-state index is 0.0159. The molecule has 1 aromatic carbocycles. The van der Waals surface area contributed by atoms with Crippen LogP contribution in [-0.4, -0.2) is 18.9 Å². The van der Waals surface area contributed by atoms with Gasteiger partial charge < -0.3 is 4.74 Å². The molecule has 0 amide bonds. The Balaban J connectivity index is 2.64. The number of azide groups is 1. The van der Waals surface area contributed by atoms with Crippen molar-refractivity contribution in [3.8, 4) is 5.75 Å². The molecule has 0 atom stereocenters. The Bertz CT molecular complexity index is 426. The number of ether oxygens (including phenoxy) is 1. The van der Waals surface area contributed by atoms with Gasteiger partial charge in [0.15, 0.2) is 5.78 Å². The number of Topliss-reactive ketones (excluding diaryl/α,β-unsaturated/α-hetero) is 1. The highest BCUT2D eigenvalue weighted by atomic mass is 16.5. The van der Waals surface area contributed by atoms with Crippen LogP contribution in [0.4, 0.5) is 0 Å². The number of carbonyl (C=O) groups is 1. The molecular weight excluding hydrogens is 218 g/mol. The van der Waals surface area contributed by atoms with Gasteiger partial charge in [-0.25, -0.2) is 0 Å². The molecule has 0 radical (unpaired) electrons. The molecule has 0 heterocycles. The van der Waals surface area contributed by atoms with Crippen LogP contribution in [0.1, 0.15) is 30.1 Å². The van der Waals surface area contributed by atoms with Crippen molar-refractivity contribution < 1.29 is 9.53 Å². The van der Waals surface area contributed by atoms with Crippen LogP contribution in [0.2, 0.25) is 0 Å². The van der Waals surface area contributed by atoms with Crippen LogP contribution in [0, 0.1) is 0 Å². The van der Waals surface area contributed by atoms with Crippen LogP contribution in [0.15, 0.2) is 29.4 Å². The van der Waals surface area contributed by atoms with Crippen molar-refractivity contribution in [2.75, 3.05) is 13.2 Å². The summed E-state index contributed by atoms with van der Waals surface area (Å²) < 4.78 is 5.38. The fourth-order valence-electron chi connectivity index (χ4n) is 1.47. The van der Waals surface area contributed by atoms with Gasteiger partial charge in [0.1, 0.15) is 5.75 Å². The van der Waals surface area contributed by atoms with Crippen molar-refractivity contribution in [2.24, 2.45) is 5.11 Å². The van der Waals surface area contributed by atoms with Crippen molar-refractivity contribution in [1.29, 1.82) is 0 Å². The standard InChI is InChI=1S/C12H15N3O2/c1-2-17-12-8-4-3-6-10(12)11(16)7-5-9-14-15-13/h3-4,6,8H,2,5,7,9H2,1H3. The maximum Gasteiger partial charge on any atom is 0.166 e. The maximum absolute atomic E-state index is 11.9. The Morgan fingerprint density at radius 2 is 2.24 bits per heavy atom. The van der Waals surface area contributed by atoms with E-state index in [1.165, 1.54) is 0 Å². The fourth-order valence-corrected chi connectivity index (χ4v) is 1.47. The molecule has 5 heteroatoms. The van der Waals surface area contributed by atoms with Crippen molar-refractivity contribution in [3.05, 3.63) is 40.3 Å². The monoisotopic (exact) mass is 233 g/mol. The van der Waals surface area contributed by atoms with E-state index in [4.69, 9.17) is 10.3 Å². The molecule has 0 N–H and O–H groups in total. The molecule has 90 valence electrons. The molecule has 0 aromatic heterocycles. The molecule has 0 aliphatic carbocycles. The largest absolute Gasteiger partial charge is 0.493 e. The van der Waals surface area contributed by atoms with E-state index in [9.17, 15) is 4.79 Å². The zero-order chi connectivity index (χ0) is 12.5. The van der Waals surface area contributed by atoms with Gasteiger partial charge in [-0.3, -0.25) is 4.79 Å². The summed E-state index contributed by atoms with van der Waals surface area (Å²) in [4.78, 5) is 14.5. The fraction of sp³-hybridized carbons (Fsp3) is 0.417. The Morgan fingerprint density at radius 1 is 1.47 bits per heavy atom. The van der Waals surface area contributed by atoms with Gasteiger partial charge in [0.05, 0.1) is 12.2 Å². The summed E-state index contributed by atoms with van der Waals surface area (Å²) in [6.45, 7) is 2.75. The van der Waals surface area contributed by atoms with Crippen molar-refractivity contribution in [3.63, 3.8) is 0 Å². The molecular formula is C12H15N3O2. The van der Waals surface area contributed by atoms with Gasteiger partial charge in [0.25, 0.3) is 0 Å². The van der Waals surface area contributed by atoms with Crippen LogP contribution < -0.4 is 4.74 Å². The predicted molar refractivity (Wildman–Crippen MR) is 65.2 cm³/mol. The number of hydrogen-bond acceptors (Lipinski definition) is 3. The second-order valence-electron chi connectivity index (χ2n) is 3.41. The molecule has 0 saturated carbocycles. The first-order valence-electron chi connectivity index (χ1n) is 5.55. The number of nitrogens with zero attached hydrogens (tertiary/aromatic N) is 3. The maximum atomic E-state index is 11.9. The van der Waals surface area contributed by atoms with E-state index in [-0.39, 0.29) is 5.78 Å². The minimum absolute atomic E-state index is 0.0159. The number of rotatable bonds is 7. The van der Waals surface area contributed by atoms with E-state index in [2.05, 4.69) is 10.0 Å². The molecule has 0 bridgehead atoms. The average molecular weight is 233 g/mol. The topological polar surface area (TPSA) is 75.1 Å². The molecule has 0 aliphatic heterocycles. The van der Waals surface area contributed by atoms with Crippen LogP contribution in [0.5, 0.6) is 5.75 Å². The van der Waals surface area contributed by atoms with Crippen LogP contribution in [0.25, 0.3) is 10.4 Å². The number of hydrogen-bond donors (Lipinski definition) is 0. The third-order valence-corrected chi connectivity index (χ3v) is 2.21. The Labute approximate surface area is 100 Å². The van der Waals surface area contributed by atoms with E-state index in [1.807, 2.05) is 19.1 Å². The molecule has 0 aliphatic rings. The summed E-state index contributed by atoms with van der Waals surface area (Å²) in [5.74, 6) is 0.631. The van der Waals surface area contributed by atoms with Crippen LogP contribution in [0.3, 0.4) is 0 Å². The Morgan fingerprint density at radius 3 is 2.94 bits per heavy atom. The van der Waals surface area contributed by atoms with E-state index < -0.39 is 0 Å². The second kappa shape index (κ2) is 7.30. The lowest BCUT2D eigenvalue weighted by Gasteiger charge is -2.08. The van der Waals surface area contributed by atoms with Crippen molar-refractivity contribution in [1.82, 2.24) is 0 Å². The van der Waals surface area contributed by atoms with E-state index >= 15 is 0 Å². The third-order valence-electron chi connectivity index (χ3n) is 2.21. The van der Waals surface area contributed by atoms with E-state index in [0.29, 0.717) is 37.3 Å². The molecule has 1 aromatic rings. The first-order chi connectivity index (χ1) is 8.29. The molecule has 0 unspecified atom stereocenters. The number of carbonyl (C=O) groups excluding carboxylic acids is 1. The van der Waals surface area contributed by atoms with Gasteiger partial charge in [0, 0.05) is 17.9 Å². The summed E-state index contributed by atoms with van der Waals surface area (Å²) in [6.07, 6.45) is 0.923. The number of benzene rings is 1. The molecule has 0 fully saturated rings. The smallest absolute Gasteiger partial charge is 0.166 e. The lowest BCUT2D eigenvalue weighted by atomic mass is 10.1. The first kappa shape index (κ1) is 13.1. The minimum Gasteiger partial charge on any atom is -0.493 e. The van der Waals surface area contributed by atoms with Crippen molar-refractivity contribution >= 4 is 5.78 Å². The summed E-state index contributed by atoms with van der Waals surface area (Å²) in [5.41, 5.74) is 8.71.